The van der Waals surface area contributed by atoms with Crippen molar-refractivity contribution >= 4 is 23.3 Å². The lowest BCUT2D eigenvalue weighted by atomic mass is 10.2. The lowest BCUT2D eigenvalue weighted by Crippen LogP contribution is -2.21. The minimum absolute atomic E-state index is 0.0315. The van der Waals surface area contributed by atoms with Crippen molar-refractivity contribution in [3.8, 4) is 0 Å². The molecule has 0 saturated heterocycles. The van der Waals surface area contributed by atoms with Gasteiger partial charge in [0.25, 0.3) is 5.91 Å². The molecule has 0 heterocycles. The van der Waals surface area contributed by atoms with E-state index in [1.807, 2.05) is 0 Å². The molecule has 7 heteroatoms. The molecule has 0 aliphatic rings. The number of amides is 1. The Morgan fingerprint density at radius 3 is 2.32 bits per heavy atom. The SMILES string of the molecule is Nc1cc(F)ccc1C(=O)OCC(=O)Nc1ccc(F)cc1. The number of ether oxygens (including phenoxy) is 1. The molecule has 2 aromatic carbocycles. The fraction of sp³-hybridized carbons (Fsp3) is 0.0667. The van der Waals surface area contributed by atoms with Crippen LogP contribution in [0.3, 0.4) is 0 Å². The summed E-state index contributed by atoms with van der Waals surface area (Å²) in [6, 6.07) is 8.31. The summed E-state index contributed by atoms with van der Waals surface area (Å²) >= 11 is 0. The predicted octanol–water partition coefficient (Wildman–Crippen LogP) is 2.34. The summed E-state index contributed by atoms with van der Waals surface area (Å²) < 4.78 is 30.4. The Morgan fingerprint density at radius 2 is 1.68 bits per heavy atom. The molecule has 22 heavy (non-hydrogen) atoms. The molecule has 0 atom stereocenters. The van der Waals surface area contributed by atoms with E-state index in [-0.39, 0.29) is 11.3 Å². The number of benzene rings is 2. The van der Waals surface area contributed by atoms with Crippen molar-refractivity contribution in [1.82, 2.24) is 0 Å². The van der Waals surface area contributed by atoms with E-state index in [1.54, 1.807) is 0 Å². The van der Waals surface area contributed by atoms with E-state index in [9.17, 15) is 18.4 Å². The van der Waals surface area contributed by atoms with E-state index in [2.05, 4.69) is 5.32 Å². The van der Waals surface area contributed by atoms with Crippen LogP contribution >= 0.6 is 0 Å². The molecule has 3 N–H and O–H groups in total. The van der Waals surface area contributed by atoms with Gasteiger partial charge in [0.1, 0.15) is 11.6 Å². The standard InChI is InChI=1S/C15H12F2N2O3/c16-9-1-4-11(5-2-9)19-14(20)8-22-15(21)12-6-3-10(17)7-13(12)18/h1-7H,8,18H2,(H,19,20). The zero-order valence-corrected chi connectivity index (χ0v) is 11.3. The van der Waals surface area contributed by atoms with Crippen LogP contribution in [0.5, 0.6) is 0 Å². The Balaban J connectivity index is 1.90. The first-order valence-electron chi connectivity index (χ1n) is 6.23. The molecule has 0 fully saturated rings. The van der Waals surface area contributed by atoms with Gasteiger partial charge in [0.05, 0.1) is 5.56 Å². The van der Waals surface area contributed by atoms with Crippen molar-refractivity contribution in [1.29, 1.82) is 0 Å². The maximum absolute atomic E-state index is 12.9. The number of nitrogens with one attached hydrogen (secondary N) is 1. The molecule has 0 bridgehead atoms. The average molecular weight is 306 g/mol. The highest BCUT2D eigenvalue weighted by Crippen LogP contribution is 2.14. The lowest BCUT2D eigenvalue weighted by molar-refractivity contribution is -0.119. The third-order valence-electron chi connectivity index (χ3n) is 2.70. The summed E-state index contributed by atoms with van der Waals surface area (Å²) in [5, 5.41) is 2.43. The van der Waals surface area contributed by atoms with Gasteiger partial charge in [0.2, 0.25) is 0 Å². The molecule has 2 aromatic rings. The molecule has 0 aromatic heterocycles. The largest absolute Gasteiger partial charge is 0.452 e. The molecule has 5 nitrogen and oxygen atoms in total. The first-order valence-corrected chi connectivity index (χ1v) is 6.23. The summed E-state index contributed by atoms with van der Waals surface area (Å²) in [4.78, 5) is 23.3. The van der Waals surface area contributed by atoms with E-state index in [0.717, 1.165) is 12.1 Å². The fourth-order valence-electron chi connectivity index (χ4n) is 1.66. The number of hydrogen-bond acceptors (Lipinski definition) is 4. The van der Waals surface area contributed by atoms with Crippen molar-refractivity contribution in [2.45, 2.75) is 0 Å². The van der Waals surface area contributed by atoms with Crippen LogP contribution < -0.4 is 11.1 Å². The number of carbonyl (C=O) groups is 2. The molecular weight excluding hydrogens is 294 g/mol. The highest BCUT2D eigenvalue weighted by molar-refractivity contribution is 5.98. The minimum atomic E-state index is -0.841. The van der Waals surface area contributed by atoms with Gasteiger partial charge >= 0.3 is 5.97 Å². The topological polar surface area (TPSA) is 81.4 Å². The Labute approximate surface area is 124 Å². The second-order valence-corrected chi connectivity index (χ2v) is 4.36. The van der Waals surface area contributed by atoms with Crippen LogP contribution in [0, 0.1) is 11.6 Å². The van der Waals surface area contributed by atoms with E-state index in [1.165, 1.54) is 30.3 Å². The van der Waals surface area contributed by atoms with Crippen LogP contribution in [0.2, 0.25) is 0 Å². The molecule has 0 aliphatic carbocycles. The monoisotopic (exact) mass is 306 g/mol. The molecule has 0 aliphatic heterocycles. The van der Waals surface area contributed by atoms with Gasteiger partial charge in [0, 0.05) is 11.4 Å². The van der Waals surface area contributed by atoms with Gasteiger partial charge in [-0.3, -0.25) is 4.79 Å². The van der Waals surface area contributed by atoms with Gasteiger partial charge in [-0.15, -0.1) is 0 Å². The molecule has 0 unspecified atom stereocenters. The van der Waals surface area contributed by atoms with Crippen LogP contribution in [0.25, 0.3) is 0 Å². The third-order valence-corrected chi connectivity index (χ3v) is 2.70. The van der Waals surface area contributed by atoms with Gasteiger partial charge in [-0.25, -0.2) is 13.6 Å². The summed E-state index contributed by atoms with van der Waals surface area (Å²) in [5.74, 6) is -2.45. The Kier molecular flexibility index (Phi) is 4.67. The Morgan fingerprint density at radius 1 is 1.05 bits per heavy atom. The molecular formula is C15H12F2N2O3. The Hall–Kier alpha value is -2.96. The van der Waals surface area contributed by atoms with E-state index >= 15 is 0 Å². The highest BCUT2D eigenvalue weighted by atomic mass is 19.1. The van der Waals surface area contributed by atoms with Gasteiger partial charge in [0.15, 0.2) is 6.61 Å². The molecule has 2 rings (SSSR count). The highest BCUT2D eigenvalue weighted by Gasteiger charge is 2.14. The van der Waals surface area contributed by atoms with E-state index < -0.39 is 30.1 Å². The number of rotatable bonds is 4. The fourth-order valence-corrected chi connectivity index (χ4v) is 1.66. The van der Waals surface area contributed by atoms with Gasteiger partial charge < -0.3 is 15.8 Å². The summed E-state index contributed by atoms with van der Waals surface area (Å²) in [5.41, 5.74) is 5.74. The first-order chi connectivity index (χ1) is 10.5. The normalized spacial score (nSPS) is 10.1. The summed E-state index contributed by atoms with van der Waals surface area (Å²) in [6.45, 7) is -0.549. The molecule has 0 radical (unpaired) electrons. The van der Waals surface area contributed by atoms with Crippen LogP contribution in [0.1, 0.15) is 10.4 Å². The number of hydrogen-bond donors (Lipinski definition) is 2. The third kappa shape index (κ3) is 4.02. The average Bonchev–Trinajstić information content (AvgIpc) is 2.47. The second-order valence-electron chi connectivity index (χ2n) is 4.36. The van der Waals surface area contributed by atoms with Crippen LogP contribution in [-0.2, 0) is 9.53 Å². The number of anilines is 2. The van der Waals surface area contributed by atoms with Crippen LogP contribution in [0.4, 0.5) is 20.2 Å². The summed E-state index contributed by atoms with van der Waals surface area (Å²) in [7, 11) is 0. The maximum Gasteiger partial charge on any atom is 0.340 e. The molecule has 1 amide bonds. The van der Waals surface area contributed by atoms with Crippen molar-refractivity contribution in [2.24, 2.45) is 0 Å². The molecule has 114 valence electrons. The lowest BCUT2D eigenvalue weighted by Gasteiger charge is -2.08. The number of halogens is 2. The van der Waals surface area contributed by atoms with Crippen molar-refractivity contribution in [3.05, 3.63) is 59.7 Å². The van der Waals surface area contributed by atoms with Crippen molar-refractivity contribution in [2.75, 3.05) is 17.7 Å². The van der Waals surface area contributed by atoms with Crippen LogP contribution in [-0.4, -0.2) is 18.5 Å². The Bertz CT molecular complexity index is 702. The number of nitrogen functional groups attached to an aromatic ring is 1. The molecule has 0 spiro atoms. The first kappa shape index (κ1) is 15.4. The quantitative estimate of drug-likeness (QED) is 0.671. The minimum Gasteiger partial charge on any atom is -0.452 e. The van der Waals surface area contributed by atoms with E-state index in [0.29, 0.717) is 5.69 Å². The number of esters is 1. The maximum atomic E-state index is 12.9. The van der Waals surface area contributed by atoms with Crippen molar-refractivity contribution < 1.29 is 23.1 Å². The molecule has 0 saturated carbocycles. The van der Waals surface area contributed by atoms with Gasteiger partial charge in [-0.1, -0.05) is 0 Å². The number of carbonyl (C=O) groups excluding carboxylic acids is 2. The van der Waals surface area contributed by atoms with Gasteiger partial charge in [-0.05, 0) is 42.5 Å². The van der Waals surface area contributed by atoms with Crippen LogP contribution in [0.15, 0.2) is 42.5 Å². The van der Waals surface area contributed by atoms with Crippen molar-refractivity contribution in [3.63, 3.8) is 0 Å². The van der Waals surface area contributed by atoms with E-state index in [4.69, 9.17) is 10.5 Å². The predicted molar refractivity (Wildman–Crippen MR) is 76.1 cm³/mol. The zero-order chi connectivity index (χ0) is 16.1. The second kappa shape index (κ2) is 6.66. The summed E-state index contributed by atoms with van der Waals surface area (Å²) in [6.07, 6.45) is 0. The van der Waals surface area contributed by atoms with Gasteiger partial charge in [-0.2, -0.15) is 0 Å². The zero-order valence-electron chi connectivity index (χ0n) is 11.3. The number of nitrogens with two attached hydrogens (primary N) is 1. The smallest absolute Gasteiger partial charge is 0.340 e.